The lowest BCUT2D eigenvalue weighted by Gasteiger charge is -1.98. The molecule has 0 aromatic carbocycles. The molecule has 0 spiro atoms. The Morgan fingerprint density at radius 3 is 2.85 bits per heavy atom. The van der Waals surface area contributed by atoms with Crippen LogP contribution in [0, 0.1) is 6.92 Å². The van der Waals surface area contributed by atoms with Gasteiger partial charge in [0.1, 0.15) is 5.01 Å². The minimum atomic E-state index is 0.688. The summed E-state index contributed by atoms with van der Waals surface area (Å²) in [5.41, 5.74) is 1.83. The Hall–Kier alpha value is -0.930. The van der Waals surface area contributed by atoms with Crippen LogP contribution in [-0.2, 0) is 0 Å². The van der Waals surface area contributed by atoms with E-state index >= 15 is 0 Å². The van der Waals surface area contributed by atoms with Gasteiger partial charge < -0.3 is 0 Å². The number of halogens is 1. The molecule has 2 aromatic rings. The Kier molecular flexibility index (Phi) is 2.29. The second-order valence-electron chi connectivity index (χ2n) is 2.63. The van der Waals surface area contributed by atoms with E-state index in [2.05, 4.69) is 9.97 Å². The fourth-order valence-corrected chi connectivity index (χ4v) is 1.78. The van der Waals surface area contributed by atoms with Gasteiger partial charge >= 0.3 is 0 Å². The lowest BCUT2D eigenvalue weighted by Crippen LogP contribution is -1.84. The third-order valence-corrected chi connectivity index (χ3v) is 2.91. The summed E-state index contributed by atoms with van der Waals surface area (Å²) in [4.78, 5) is 8.35. The molecule has 13 heavy (non-hydrogen) atoms. The maximum atomic E-state index is 5.95. The van der Waals surface area contributed by atoms with E-state index in [9.17, 15) is 0 Å². The van der Waals surface area contributed by atoms with Gasteiger partial charge in [-0.25, -0.2) is 4.98 Å². The van der Waals surface area contributed by atoms with Crippen molar-refractivity contribution in [1.82, 2.24) is 9.97 Å². The fraction of sp³-hybridized carbons (Fsp3) is 0.111. The van der Waals surface area contributed by atoms with Crippen molar-refractivity contribution < 1.29 is 0 Å². The summed E-state index contributed by atoms with van der Waals surface area (Å²) in [6.45, 7) is 1.88. The highest BCUT2D eigenvalue weighted by molar-refractivity contribution is 7.13. The average molecular weight is 211 g/mol. The van der Waals surface area contributed by atoms with Crippen molar-refractivity contribution >= 4 is 22.9 Å². The quantitative estimate of drug-likeness (QED) is 0.723. The number of aryl methyl sites for hydroxylation is 1. The highest BCUT2D eigenvalue weighted by Crippen LogP contribution is 2.24. The summed E-state index contributed by atoms with van der Waals surface area (Å²) >= 11 is 7.53. The molecular formula is C9H7ClN2S. The number of hydrogen-bond acceptors (Lipinski definition) is 3. The van der Waals surface area contributed by atoms with E-state index < -0.39 is 0 Å². The molecule has 66 valence electrons. The first-order valence-corrected chi connectivity index (χ1v) is 5.05. The van der Waals surface area contributed by atoms with Gasteiger partial charge in [-0.3, -0.25) is 4.98 Å². The molecule has 0 aliphatic rings. The summed E-state index contributed by atoms with van der Waals surface area (Å²) in [7, 11) is 0. The van der Waals surface area contributed by atoms with Gasteiger partial charge in [0.2, 0.25) is 0 Å². The number of nitrogens with zero attached hydrogens (tertiary/aromatic N) is 2. The van der Waals surface area contributed by atoms with Crippen molar-refractivity contribution in [3.8, 4) is 10.6 Å². The van der Waals surface area contributed by atoms with Crippen LogP contribution in [0.25, 0.3) is 10.6 Å². The second kappa shape index (κ2) is 3.44. The molecule has 0 amide bonds. The van der Waals surface area contributed by atoms with Crippen LogP contribution in [-0.4, -0.2) is 9.97 Å². The van der Waals surface area contributed by atoms with Crippen molar-refractivity contribution in [2.75, 3.05) is 0 Å². The van der Waals surface area contributed by atoms with Crippen LogP contribution >= 0.6 is 22.9 Å². The summed E-state index contributed by atoms with van der Waals surface area (Å²) in [6.07, 6.45) is 3.56. The predicted octanol–water partition coefficient (Wildman–Crippen LogP) is 3.17. The van der Waals surface area contributed by atoms with E-state index in [1.807, 2.05) is 18.4 Å². The predicted molar refractivity (Wildman–Crippen MR) is 55.1 cm³/mol. The largest absolute Gasteiger partial charge is 0.259 e. The number of rotatable bonds is 1. The molecule has 2 heterocycles. The van der Waals surface area contributed by atoms with E-state index in [1.54, 1.807) is 23.7 Å². The number of aromatic nitrogens is 2. The van der Waals surface area contributed by atoms with Gasteiger partial charge in [0.25, 0.3) is 0 Å². The highest BCUT2D eigenvalue weighted by Gasteiger charge is 2.03. The van der Waals surface area contributed by atoms with Crippen molar-refractivity contribution in [3.63, 3.8) is 0 Å². The molecule has 0 N–H and O–H groups in total. The summed E-state index contributed by atoms with van der Waals surface area (Å²) in [5.74, 6) is 0. The van der Waals surface area contributed by atoms with Crippen LogP contribution in [0.15, 0.2) is 23.8 Å². The van der Waals surface area contributed by atoms with Crippen LogP contribution in [0.5, 0.6) is 0 Å². The number of pyridine rings is 1. The molecule has 0 atom stereocenters. The van der Waals surface area contributed by atoms with E-state index in [1.165, 1.54) is 0 Å². The summed E-state index contributed by atoms with van der Waals surface area (Å²) < 4.78 is 0. The van der Waals surface area contributed by atoms with Gasteiger partial charge in [-0.1, -0.05) is 11.6 Å². The van der Waals surface area contributed by atoms with Crippen LogP contribution in [0.4, 0.5) is 0 Å². The van der Waals surface area contributed by atoms with Gasteiger partial charge in [0.15, 0.2) is 0 Å². The minimum Gasteiger partial charge on any atom is -0.259 e. The Labute approximate surface area is 85.2 Å². The normalized spacial score (nSPS) is 10.3. The van der Waals surface area contributed by atoms with Crippen molar-refractivity contribution in [2.45, 2.75) is 6.92 Å². The molecule has 0 saturated carbocycles. The molecule has 0 aliphatic heterocycles. The Balaban J connectivity index is 2.49. The highest BCUT2D eigenvalue weighted by atomic mass is 35.5. The molecule has 0 aliphatic carbocycles. The lowest BCUT2D eigenvalue weighted by molar-refractivity contribution is 1.20. The van der Waals surface area contributed by atoms with Crippen LogP contribution in [0.3, 0.4) is 0 Å². The maximum Gasteiger partial charge on any atom is 0.124 e. The molecule has 2 nitrogen and oxygen atoms in total. The molecule has 0 bridgehead atoms. The topological polar surface area (TPSA) is 25.8 Å². The van der Waals surface area contributed by atoms with Crippen LogP contribution in [0.1, 0.15) is 5.69 Å². The minimum absolute atomic E-state index is 0.688. The summed E-state index contributed by atoms with van der Waals surface area (Å²) in [5, 5.41) is 3.57. The van der Waals surface area contributed by atoms with Gasteiger partial charge in [-0.05, 0) is 13.0 Å². The SMILES string of the molecule is Cc1ncc(-c2nccs2)cc1Cl. The third-order valence-electron chi connectivity index (χ3n) is 1.70. The van der Waals surface area contributed by atoms with Gasteiger partial charge in [0, 0.05) is 23.3 Å². The van der Waals surface area contributed by atoms with E-state index in [0.29, 0.717) is 5.02 Å². The van der Waals surface area contributed by atoms with Gasteiger partial charge in [0.05, 0.1) is 10.7 Å². The van der Waals surface area contributed by atoms with Gasteiger partial charge in [-0.15, -0.1) is 11.3 Å². The smallest absolute Gasteiger partial charge is 0.124 e. The monoisotopic (exact) mass is 210 g/mol. The van der Waals surface area contributed by atoms with Crippen molar-refractivity contribution in [2.24, 2.45) is 0 Å². The van der Waals surface area contributed by atoms with E-state index in [4.69, 9.17) is 11.6 Å². The number of hydrogen-bond donors (Lipinski definition) is 0. The Morgan fingerprint density at radius 1 is 1.38 bits per heavy atom. The van der Waals surface area contributed by atoms with Crippen molar-refractivity contribution in [1.29, 1.82) is 0 Å². The zero-order valence-electron chi connectivity index (χ0n) is 6.99. The first kappa shape index (κ1) is 8.66. The zero-order valence-corrected chi connectivity index (χ0v) is 8.56. The number of thiazole rings is 1. The van der Waals surface area contributed by atoms with Crippen LogP contribution < -0.4 is 0 Å². The molecule has 0 unspecified atom stereocenters. The first-order valence-electron chi connectivity index (χ1n) is 3.79. The lowest BCUT2D eigenvalue weighted by atomic mass is 10.2. The fourth-order valence-electron chi connectivity index (χ4n) is 0.989. The maximum absolute atomic E-state index is 5.95. The average Bonchev–Trinajstić information content (AvgIpc) is 2.62. The first-order chi connectivity index (χ1) is 6.27. The van der Waals surface area contributed by atoms with E-state index in [-0.39, 0.29) is 0 Å². The molecule has 0 saturated heterocycles. The third kappa shape index (κ3) is 1.71. The van der Waals surface area contributed by atoms with Gasteiger partial charge in [-0.2, -0.15) is 0 Å². The van der Waals surface area contributed by atoms with Crippen LogP contribution in [0.2, 0.25) is 5.02 Å². The second-order valence-corrected chi connectivity index (χ2v) is 3.93. The van der Waals surface area contributed by atoms with Crippen molar-refractivity contribution in [3.05, 3.63) is 34.6 Å². The molecule has 2 aromatic heterocycles. The van der Waals surface area contributed by atoms with E-state index in [0.717, 1.165) is 16.3 Å². The molecule has 2 rings (SSSR count). The molecule has 4 heteroatoms. The summed E-state index contributed by atoms with van der Waals surface area (Å²) in [6, 6.07) is 1.89. The molecular weight excluding hydrogens is 204 g/mol. The standard InChI is InChI=1S/C9H7ClN2S/c1-6-8(10)4-7(5-12-6)9-11-2-3-13-9/h2-5H,1H3. The Morgan fingerprint density at radius 2 is 2.23 bits per heavy atom. The molecule has 0 fully saturated rings. The zero-order chi connectivity index (χ0) is 9.26. The Bertz CT molecular complexity index is 412. The molecule has 0 radical (unpaired) electrons.